The second-order valence-corrected chi connectivity index (χ2v) is 13.1. The number of fused-ring (bicyclic) bond motifs is 4. The van der Waals surface area contributed by atoms with Crippen LogP contribution in [0.25, 0.3) is 10.9 Å². The van der Waals surface area contributed by atoms with E-state index in [9.17, 15) is 24.9 Å². The third-order valence-corrected chi connectivity index (χ3v) is 9.91. The van der Waals surface area contributed by atoms with Crippen LogP contribution in [0.5, 0.6) is 11.5 Å². The summed E-state index contributed by atoms with van der Waals surface area (Å²) >= 11 is 0. The highest BCUT2D eigenvalue weighted by atomic mass is 16.5. The molecule has 3 aliphatic heterocycles. The molecular formula is C38H46N4O6. The van der Waals surface area contributed by atoms with Crippen molar-refractivity contribution in [3.8, 4) is 11.5 Å². The topological polar surface area (TPSA) is 147 Å². The van der Waals surface area contributed by atoms with Crippen LogP contribution in [0, 0.1) is 5.92 Å². The predicted octanol–water partition coefficient (Wildman–Crippen LogP) is 5.66. The van der Waals surface area contributed by atoms with Gasteiger partial charge in [-0.25, -0.2) is 4.79 Å². The summed E-state index contributed by atoms with van der Waals surface area (Å²) in [5.41, 5.74) is 3.37. The molecule has 7 rings (SSSR count). The molecule has 0 radical (unpaired) electrons. The molecule has 3 atom stereocenters. The number of nitrogens with zero attached hydrogens (tertiary/aromatic N) is 1. The Kier molecular flexibility index (Phi) is 10.9. The lowest BCUT2D eigenvalue weighted by Crippen LogP contribution is -2.46. The van der Waals surface area contributed by atoms with Crippen LogP contribution in [-0.2, 0) is 0 Å². The molecule has 48 heavy (non-hydrogen) atoms. The smallest absolute Gasteiger partial charge is 0.405 e. The fraction of sp³-hybridized carbons (Fsp3) is 0.421. The molecule has 0 spiro atoms. The first-order chi connectivity index (χ1) is 23.4. The van der Waals surface area contributed by atoms with Gasteiger partial charge in [0.05, 0.1) is 24.3 Å². The summed E-state index contributed by atoms with van der Waals surface area (Å²) in [6.07, 6.45) is 4.20. The Morgan fingerprint density at radius 1 is 0.958 bits per heavy atom. The van der Waals surface area contributed by atoms with Gasteiger partial charge in [0.15, 0.2) is 0 Å². The monoisotopic (exact) mass is 654 g/mol. The summed E-state index contributed by atoms with van der Waals surface area (Å²) in [5, 5.41) is 38.6. The molecule has 3 saturated heterocycles. The van der Waals surface area contributed by atoms with Gasteiger partial charge in [0.1, 0.15) is 11.5 Å². The number of aromatic amines is 1. The Morgan fingerprint density at radius 3 is 2.48 bits per heavy atom. The van der Waals surface area contributed by atoms with Gasteiger partial charge in [-0.05, 0) is 92.2 Å². The molecule has 4 heterocycles. The van der Waals surface area contributed by atoms with Crippen molar-refractivity contribution in [2.75, 3.05) is 39.3 Å². The number of phenolic OH excluding ortho intramolecular Hbond substituents is 1. The van der Waals surface area contributed by atoms with E-state index < -0.39 is 18.2 Å². The molecule has 1 amide bonds. The summed E-state index contributed by atoms with van der Waals surface area (Å²) in [6, 6.07) is 21.6. The second-order valence-electron chi connectivity index (χ2n) is 13.1. The normalized spacial score (nSPS) is 20.0. The van der Waals surface area contributed by atoms with Gasteiger partial charge in [0.2, 0.25) is 5.56 Å². The number of aromatic nitrogens is 1. The minimum atomic E-state index is -1.08. The van der Waals surface area contributed by atoms with E-state index in [-0.39, 0.29) is 17.2 Å². The molecule has 0 saturated carbocycles. The van der Waals surface area contributed by atoms with Crippen molar-refractivity contribution in [1.82, 2.24) is 20.5 Å². The molecule has 1 unspecified atom stereocenters. The molecule has 6 N–H and O–H groups in total. The minimum absolute atomic E-state index is 0.133. The van der Waals surface area contributed by atoms with Gasteiger partial charge in [-0.1, -0.05) is 55.3 Å². The Morgan fingerprint density at radius 2 is 1.73 bits per heavy atom. The number of unbranched alkanes of at least 4 members (excludes halogenated alkanes) is 3. The number of aliphatic hydroxyl groups excluding tert-OH is 1. The van der Waals surface area contributed by atoms with Gasteiger partial charge in [-0.15, -0.1) is 0 Å². The number of benzene rings is 3. The van der Waals surface area contributed by atoms with Crippen molar-refractivity contribution in [3.63, 3.8) is 0 Å². The van der Waals surface area contributed by atoms with E-state index in [1.54, 1.807) is 6.07 Å². The van der Waals surface area contributed by atoms with Crippen LogP contribution >= 0.6 is 0 Å². The Bertz CT molecular complexity index is 1740. The second kappa shape index (κ2) is 15.7. The van der Waals surface area contributed by atoms with Crippen LogP contribution in [-0.4, -0.2) is 70.6 Å². The Balaban J connectivity index is 0.962. The van der Waals surface area contributed by atoms with Crippen LogP contribution in [0.4, 0.5) is 4.79 Å². The van der Waals surface area contributed by atoms with Crippen molar-refractivity contribution in [3.05, 3.63) is 105 Å². The van der Waals surface area contributed by atoms with E-state index in [4.69, 9.17) is 4.74 Å². The van der Waals surface area contributed by atoms with Gasteiger partial charge in [0, 0.05) is 36.0 Å². The Labute approximate surface area is 280 Å². The molecule has 10 heteroatoms. The molecule has 3 aliphatic rings. The summed E-state index contributed by atoms with van der Waals surface area (Å²) < 4.78 is 6.00. The van der Waals surface area contributed by atoms with Crippen LogP contribution in [0.15, 0.2) is 77.6 Å². The first-order valence-corrected chi connectivity index (χ1v) is 17.1. The van der Waals surface area contributed by atoms with E-state index >= 15 is 0 Å². The maximum Gasteiger partial charge on any atom is 0.405 e. The minimum Gasteiger partial charge on any atom is -0.505 e. The number of piperidine rings is 3. The molecule has 3 fully saturated rings. The van der Waals surface area contributed by atoms with Crippen molar-refractivity contribution in [1.29, 1.82) is 0 Å². The zero-order chi connectivity index (χ0) is 33.5. The maximum absolute atomic E-state index is 12.2. The number of phenols is 1. The molecule has 10 nitrogen and oxygen atoms in total. The number of amides is 1. The molecule has 1 aromatic heterocycles. The van der Waals surface area contributed by atoms with Crippen molar-refractivity contribution in [2.45, 2.75) is 56.6 Å². The number of carboxylic acid groups (broad SMARTS) is 1. The maximum atomic E-state index is 12.2. The number of aliphatic hydroxyl groups is 1. The van der Waals surface area contributed by atoms with Gasteiger partial charge in [0.25, 0.3) is 0 Å². The number of carbonyl (C=O) groups is 1. The largest absolute Gasteiger partial charge is 0.505 e. The third-order valence-electron chi connectivity index (χ3n) is 9.91. The molecular weight excluding hydrogens is 608 g/mol. The van der Waals surface area contributed by atoms with Crippen LogP contribution in [0.3, 0.4) is 0 Å². The highest BCUT2D eigenvalue weighted by Gasteiger charge is 2.37. The number of pyridine rings is 1. The van der Waals surface area contributed by atoms with Crippen LogP contribution in [0.2, 0.25) is 0 Å². The van der Waals surface area contributed by atoms with E-state index in [0.29, 0.717) is 35.7 Å². The molecule has 2 bridgehead atoms. The van der Waals surface area contributed by atoms with Gasteiger partial charge < -0.3 is 40.6 Å². The highest BCUT2D eigenvalue weighted by Crippen LogP contribution is 2.45. The zero-order valence-corrected chi connectivity index (χ0v) is 27.2. The number of H-pyrrole nitrogens is 1. The fourth-order valence-electron chi connectivity index (χ4n) is 7.39. The first kappa shape index (κ1) is 33.5. The predicted molar refractivity (Wildman–Crippen MR) is 186 cm³/mol. The van der Waals surface area contributed by atoms with E-state index in [1.807, 2.05) is 60.7 Å². The average molecular weight is 655 g/mol. The number of nitrogens with one attached hydrogen (secondary N) is 3. The SMILES string of the molecule is O=C(O)NC(c1ccccc1)c1cccc(OCCCCCCNC[C@H](O)c2cc([C@@H]3CN4CCC3CC4)c(O)c3[nH]c(=O)ccc23)c1. The highest BCUT2D eigenvalue weighted by molar-refractivity contribution is 5.89. The number of ether oxygens (including phenoxy) is 1. The molecule has 4 aromatic rings. The summed E-state index contributed by atoms with van der Waals surface area (Å²) in [6.45, 7) is 4.78. The van der Waals surface area contributed by atoms with Gasteiger partial charge >= 0.3 is 6.09 Å². The summed E-state index contributed by atoms with van der Waals surface area (Å²) in [7, 11) is 0. The zero-order valence-electron chi connectivity index (χ0n) is 27.2. The molecule has 254 valence electrons. The number of aromatic hydroxyl groups is 1. The third kappa shape index (κ3) is 8.01. The van der Waals surface area contributed by atoms with Crippen LogP contribution in [0.1, 0.15) is 78.8 Å². The van der Waals surface area contributed by atoms with Gasteiger partial charge in [-0.3, -0.25) is 4.79 Å². The molecule has 3 aromatic carbocycles. The lowest BCUT2D eigenvalue weighted by atomic mass is 9.74. The van der Waals surface area contributed by atoms with E-state index in [0.717, 1.165) is 87.0 Å². The number of hydrogen-bond donors (Lipinski definition) is 6. The summed E-state index contributed by atoms with van der Waals surface area (Å²) in [5.74, 6) is 1.53. The quantitative estimate of drug-likeness (QED) is 0.0901. The Hall–Kier alpha value is -4.38. The number of hydrogen-bond acceptors (Lipinski definition) is 7. The average Bonchev–Trinajstić information content (AvgIpc) is 3.11. The van der Waals surface area contributed by atoms with E-state index in [1.165, 1.54) is 6.07 Å². The van der Waals surface area contributed by atoms with Crippen LogP contribution < -0.4 is 20.9 Å². The number of rotatable bonds is 15. The molecule has 0 aliphatic carbocycles. The standard InChI is InChI=1S/C38H46N4O6/c43-33(30-22-31(32-24-42-18-15-25(32)16-19-42)37(45)36-29(30)13-14-34(44)40-36)23-39-17-6-1-2-7-20-48-28-12-8-11-27(21-28)35(41-38(46)47)26-9-4-3-5-10-26/h3-5,8-14,21-22,25,32-33,35,39,41,43,45H,1-2,6-7,15-20,23-24H2,(H,40,44)(H,46,47)/t32-,33+,35?/m1/s1. The fourth-order valence-corrected chi connectivity index (χ4v) is 7.39. The van der Waals surface area contributed by atoms with Gasteiger partial charge in [-0.2, -0.15) is 0 Å². The van der Waals surface area contributed by atoms with E-state index in [2.05, 4.69) is 20.5 Å². The van der Waals surface area contributed by atoms with Crippen molar-refractivity contribution >= 4 is 17.0 Å². The van der Waals surface area contributed by atoms with Crippen molar-refractivity contribution < 1.29 is 24.9 Å². The first-order valence-electron chi connectivity index (χ1n) is 17.1. The van der Waals surface area contributed by atoms with Crippen molar-refractivity contribution in [2.24, 2.45) is 5.92 Å². The lowest BCUT2D eigenvalue weighted by Gasteiger charge is -2.45. The lowest BCUT2D eigenvalue weighted by molar-refractivity contribution is 0.0859. The summed E-state index contributed by atoms with van der Waals surface area (Å²) in [4.78, 5) is 28.9.